The van der Waals surface area contributed by atoms with Crippen molar-refractivity contribution < 1.29 is 23.2 Å². The molecule has 0 fully saturated rings. The van der Waals surface area contributed by atoms with E-state index in [1.165, 1.54) is 49.4 Å². The number of alkyl halides is 2. The van der Waals surface area contributed by atoms with Crippen molar-refractivity contribution in [3.8, 4) is 5.75 Å². The molecule has 0 saturated heterocycles. The predicted octanol–water partition coefficient (Wildman–Crippen LogP) is 3.43. The van der Waals surface area contributed by atoms with Gasteiger partial charge < -0.3 is 10.1 Å². The molecule has 0 aliphatic heterocycles. The van der Waals surface area contributed by atoms with E-state index in [1.807, 2.05) is 0 Å². The van der Waals surface area contributed by atoms with Gasteiger partial charge in [-0.1, -0.05) is 18.2 Å². The van der Waals surface area contributed by atoms with Gasteiger partial charge in [0.15, 0.2) is 0 Å². The van der Waals surface area contributed by atoms with Crippen molar-refractivity contribution in [2.24, 2.45) is 0 Å². The number of hydrogen-bond donors (Lipinski definition) is 1. The van der Waals surface area contributed by atoms with E-state index in [2.05, 4.69) is 10.1 Å². The third-order valence-electron chi connectivity index (χ3n) is 3.35. The van der Waals surface area contributed by atoms with Crippen LogP contribution in [0.15, 0.2) is 42.5 Å². The maximum Gasteiger partial charge on any atom is 0.387 e. The zero-order valence-electron chi connectivity index (χ0n) is 12.7. The molecule has 2 aromatic carbocycles. The molecule has 8 heteroatoms. The van der Waals surface area contributed by atoms with Crippen molar-refractivity contribution in [2.75, 3.05) is 0 Å². The Bertz CT molecular complexity index is 748. The predicted molar refractivity (Wildman–Crippen MR) is 82.1 cm³/mol. The van der Waals surface area contributed by atoms with Crippen molar-refractivity contribution in [3.05, 3.63) is 69.3 Å². The van der Waals surface area contributed by atoms with Gasteiger partial charge in [-0.25, -0.2) is 0 Å². The fraction of sp³-hybridized carbons (Fsp3) is 0.188. The molecule has 2 rings (SSSR count). The number of hydrogen-bond acceptors (Lipinski definition) is 4. The van der Waals surface area contributed by atoms with E-state index in [1.54, 1.807) is 0 Å². The summed E-state index contributed by atoms with van der Waals surface area (Å²) in [5.74, 6) is -0.432. The van der Waals surface area contributed by atoms with Crippen LogP contribution in [0, 0.1) is 17.0 Å². The number of nitrogens with one attached hydrogen (secondary N) is 1. The average molecular weight is 336 g/mol. The number of rotatable bonds is 6. The second-order valence-corrected chi connectivity index (χ2v) is 4.91. The maximum atomic E-state index is 12.2. The molecule has 0 radical (unpaired) electrons. The van der Waals surface area contributed by atoms with E-state index in [0.717, 1.165) is 0 Å². The highest BCUT2D eigenvalue weighted by Gasteiger charge is 2.17. The first-order chi connectivity index (χ1) is 11.4. The van der Waals surface area contributed by atoms with Crippen molar-refractivity contribution in [1.29, 1.82) is 0 Å². The number of halogens is 2. The quantitative estimate of drug-likeness (QED) is 0.647. The fourth-order valence-corrected chi connectivity index (χ4v) is 2.13. The van der Waals surface area contributed by atoms with Gasteiger partial charge in [-0.2, -0.15) is 8.78 Å². The van der Waals surface area contributed by atoms with Crippen LogP contribution < -0.4 is 10.1 Å². The zero-order valence-corrected chi connectivity index (χ0v) is 12.7. The highest BCUT2D eigenvalue weighted by atomic mass is 19.3. The van der Waals surface area contributed by atoms with Gasteiger partial charge in [0.05, 0.1) is 4.92 Å². The third kappa shape index (κ3) is 4.25. The number of benzene rings is 2. The smallest absolute Gasteiger partial charge is 0.387 e. The minimum Gasteiger partial charge on any atom is -0.435 e. The lowest BCUT2D eigenvalue weighted by Gasteiger charge is -2.09. The van der Waals surface area contributed by atoms with Crippen LogP contribution in [0.1, 0.15) is 21.5 Å². The van der Waals surface area contributed by atoms with Gasteiger partial charge in [0.1, 0.15) is 5.75 Å². The first kappa shape index (κ1) is 17.3. The monoisotopic (exact) mass is 336 g/mol. The van der Waals surface area contributed by atoms with Crippen molar-refractivity contribution >= 4 is 11.6 Å². The summed E-state index contributed by atoms with van der Waals surface area (Å²) in [5, 5.41) is 13.5. The second-order valence-electron chi connectivity index (χ2n) is 4.91. The molecule has 0 saturated carbocycles. The fourth-order valence-electron chi connectivity index (χ4n) is 2.13. The minimum atomic E-state index is -2.90. The van der Waals surface area contributed by atoms with Gasteiger partial charge >= 0.3 is 6.61 Å². The van der Waals surface area contributed by atoms with Crippen molar-refractivity contribution in [1.82, 2.24) is 5.32 Å². The number of nitrogens with zero attached hydrogens (tertiary/aromatic N) is 1. The Labute approximate surface area is 136 Å². The lowest BCUT2D eigenvalue weighted by atomic mass is 10.1. The number of carbonyl (C=O) groups excluding carboxylic acids is 1. The van der Waals surface area contributed by atoms with Gasteiger partial charge in [0.25, 0.3) is 11.6 Å². The SMILES string of the molecule is Cc1c(C(=O)NCc2ccc(OC(F)F)cc2)cccc1[N+](=O)[O-]. The molecule has 0 unspecified atom stereocenters. The lowest BCUT2D eigenvalue weighted by molar-refractivity contribution is -0.385. The van der Waals surface area contributed by atoms with E-state index in [-0.39, 0.29) is 29.1 Å². The molecule has 0 spiro atoms. The molecule has 2 aromatic rings. The molecular weight excluding hydrogens is 322 g/mol. The summed E-state index contributed by atoms with van der Waals surface area (Å²) in [6.07, 6.45) is 0. The molecule has 24 heavy (non-hydrogen) atoms. The summed E-state index contributed by atoms with van der Waals surface area (Å²) in [7, 11) is 0. The summed E-state index contributed by atoms with van der Waals surface area (Å²) >= 11 is 0. The number of amides is 1. The van der Waals surface area contributed by atoms with Gasteiger partial charge in [-0.05, 0) is 30.7 Å². The molecule has 0 aliphatic rings. The van der Waals surface area contributed by atoms with Crippen LogP contribution >= 0.6 is 0 Å². The second kappa shape index (κ2) is 7.49. The summed E-state index contributed by atoms with van der Waals surface area (Å²) in [5.41, 5.74) is 1.03. The van der Waals surface area contributed by atoms with Crippen LogP contribution in [0.5, 0.6) is 5.75 Å². The Kier molecular flexibility index (Phi) is 5.41. The Balaban J connectivity index is 2.03. The van der Waals surface area contributed by atoms with Gasteiger partial charge in [-0.15, -0.1) is 0 Å². The molecule has 0 atom stereocenters. The van der Waals surface area contributed by atoms with E-state index in [0.29, 0.717) is 5.56 Å². The van der Waals surface area contributed by atoms with Crippen LogP contribution in [0.2, 0.25) is 0 Å². The van der Waals surface area contributed by atoms with Crippen LogP contribution in [0.25, 0.3) is 0 Å². The van der Waals surface area contributed by atoms with E-state index in [9.17, 15) is 23.7 Å². The van der Waals surface area contributed by atoms with E-state index >= 15 is 0 Å². The lowest BCUT2D eigenvalue weighted by Crippen LogP contribution is -2.23. The molecule has 0 bridgehead atoms. The summed E-state index contributed by atoms with van der Waals surface area (Å²) in [6, 6.07) is 10.1. The first-order valence-electron chi connectivity index (χ1n) is 6.94. The minimum absolute atomic E-state index is 0.0228. The van der Waals surface area contributed by atoms with Crippen LogP contribution in [0.4, 0.5) is 14.5 Å². The van der Waals surface area contributed by atoms with E-state index < -0.39 is 17.4 Å². The largest absolute Gasteiger partial charge is 0.435 e. The standard InChI is InChI=1S/C16H14F2N2O4/c1-10-13(3-2-4-14(10)20(22)23)15(21)19-9-11-5-7-12(8-6-11)24-16(17)18/h2-8,16H,9H2,1H3,(H,19,21). The molecule has 0 heterocycles. The summed E-state index contributed by atoms with van der Waals surface area (Å²) in [6.45, 7) is -1.24. The molecule has 6 nitrogen and oxygen atoms in total. The molecule has 0 aromatic heterocycles. The normalized spacial score (nSPS) is 10.5. The van der Waals surface area contributed by atoms with Crippen LogP contribution in [-0.4, -0.2) is 17.4 Å². The molecule has 1 amide bonds. The van der Waals surface area contributed by atoms with E-state index in [4.69, 9.17) is 0 Å². The van der Waals surface area contributed by atoms with Crippen LogP contribution in [-0.2, 0) is 6.54 Å². The number of ether oxygens (including phenoxy) is 1. The van der Waals surface area contributed by atoms with Crippen LogP contribution in [0.3, 0.4) is 0 Å². The molecule has 126 valence electrons. The first-order valence-corrected chi connectivity index (χ1v) is 6.94. The Hall–Kier alpha value is -3.03. The highest BCUT2D eigenvalue weighted by molar-refractivity contribution is 5.96. The summed E-state index contributed by atoms with van der Waals surface area (Å²) in [4.78, 5) is 22.5. The molecule has 0 aliphatic carbocycles. The number of nitro groups is 1. The average Bonchev–Trinajstić information content (AvgIpc) is 2.53. The number of nitro benzene ring substituents is 1. The van der Waals surface area contributed by atoms with Crippen molar-refractivity contribution in [2.45, 2.75) is 20.1 Å². The Morgan fingerprint density at radius 1 is 1.25 bits per heavy atom. The Morgan fingerprint density at radius 2 is 1.92 bits per heavy atom. The Morgan fingerprint density at radius 3 is 2.50 bits per heavy atom. The topological polar surface area (TPSA) is 81.5 Å². The molecular formula is C16H14F2N2O4. The molecule has 1 N–H and O–H groups in total. The zero-order chi connectivity index (χ0) is 17.7. The van der Waals surface area contributed by atoms with Gasteiger partial charge in [0, 0.05) is 23.7 Å². The summed E-state index contributed by atoms with van der Waals surface area (Å²) < 4.78 is 28.4. The maximum absolute atomic E-state index is 12.2. The number of carbonyl (C=O) groups is 1. The van der Waals surface area contributed by atoms with Gasteiger partial charge in [0.2, 0.25) is 0 Å². The van der Waals surface area contributed by atoms with Gasteiger partial charge in [-0.3, -0.25) is 14.9 Å². The van der Waals surface area contributed by atoms with Crippen molar-refractivity contribution in [3.63, 3.8) is 0 Å². The highest BCUT2D eigenvalue weighted by Crippen LogP contribution is 2.21. The third-order valence-corrected chi connectivity index (χ3v) is 3.35.